The lowest BCUT2D eigenvalue weighted by atomic mass is 10.0. The van der Waals surface area contributed by atoms with Crippen molar-refractivity contribution < 1.29 is 9.59 Å². The Morgan fingerprint density at radius 3 is 2.38 bits per heavy atom. The lowest BCUT2D eigenvalue weighted by molar-refractivity contribution is -0.127. The summed E-state index contributed by atoms with van der Waals surface area (Å²) >= 11 is 0. The van der Waals surface area contributed by atoms with E-state index in [1.165, 1.54) is 0 Å². The molecule has 1 atom stereocenters. The normalized spacial score (nSPS) is 11.8. The summed E-state index contributed by atoms with van der Waals surface area (Å²) in [5.41, 5.74) is 13.5. The third-order valence-corrected chi connectivity index (χ3v) is 4.25. The molecule has 5 nitrogen and oxygen atoms in total. The zero-order chi connectivity index (χ0) is 18.5. The van der Waals surface area contributed by atoms with Crippen LogP contribution < -0.4 is 16.8 Å². The van der Waals surface area contributed by atoms with Gasteiger partial charge in [0.05, 0.1) is 6.42 Å². The van der Waals surface area contributed by atoms with Gasteiger partial charge in [0, 0.05) is 12.1 Å². The van der Waals surface area contributed by atoms with Crippen molar-refractivity contribution >= 4 is 28.3 Å². The Bertz CT molecular complexity index is 953. The average Bonchev–Trinajstić information content (AvgIpc) is 2.61. The molecule has 0 aliphatic rings. The van der Waals surface area contributed by atoms with Crippen molar-refractivity contribution in [2.45, 2.75) is 18.9 Å². The average molecular weight is 347 g/mol. The topological polar surface area (TPSA) is 98.2 Å². The van der Waals surface area contributed by atoms with Gasteiger partial charge in [0.1, 0.15) is 6.04 Å². The van der Waals surface area contributed by atoms with Crippen LogP contribution in [0.25, 0.3) is 10.8 Å². The first kappa shape index (κ1) is 17.5. The van der Waals surface area contributed by atoms with Gasteiger partial charge in [-0.15, -0.1) is 0 Å². The quantitative estimate of drug-likeness (QED) is 0.596. The fourth-order valence-electron chi connectivity index (χ4n) is 2.96. The number of fused-ring (bicyclic) bond motifs is 1. The number of hydrogen-bond acceptors (Lipinski definition) is 3. The standard InChI is InChI=1S/C21H21N3O2/c22-18-7-3-4-14(11-18)13-20(25)24-19(21(23)26)12-15-8-9-16-5-1-2-6-17(16)10-15/h1-11,19H,12-13,22H2,(H2,23,26)(H,24,25)/t19-/m0/s1. The summed E-state index contributed by atoms with van der Waals surface area (Å²) in [6, 6.07) is 20.3. The number of nitrogens with one attached hydrogen (secondary N) is 1. The number of hydrogen-bond donors (Lipinski definition) is 3. The molecule has 5 N–H and O–H groups in total. The molecule has 0 saturated carbocycles. The molecule has 3 aromatic rings. The van der Waals surface area contributed by atoms with Gasteiger partial charge in [0.15, 0.2) is 0 Å². The van der Waals surface area contributed by atoms with Gasteiger partial charge in [-0.05, 0) is 34.0 Å². The third kappa shape index (κ3) is 4.39. The van der Waals surface area contributed by atoms with Crippen LogP contribution in [0.3, 0.4) is 0 Å². The second kappa shape index (κ2) is 7.70. The summed E-state index contributed by atoms with van der Waals surface area (Å²) in [6.45, 7) is 0. The molecule has 5 heteroatoms. The minimum absolute atomic E-state index is 0.145. The number of primary amides is 1. The number of nitrogen functional groups attached to an aromatic ring is 1. The third-order valence-electron chi connectivity index (χ3n) is 4.25. The molecular formula is C21H21N3O2. The van der Waals surface area contributed by atoms with E-state index in [2.05, 4.69) is 5.32 Å². The Labute approximate surface area is 152 Å². The maximum atomic E-state index is 12.3. The Morgan fingerprint density at radius 1 is 0.885 bits per heavy atom. The second-order valence-corrected chi connectivity index (χ2v) is 6.33. The molecule has 132 valence electrons. The van der Waals surface area contributed by atoms with Crippen molar-refractivity contribution in [3.05, 3.63) is 77.9 Å². The van der Waals surface area contributed by atoms with Crippen LogP contribution in [-0.4, -0.2) is 17.9 Å². The van der Waals surface area contributed by atoms with E-state index in [0.717, 1.165) is 21.9 Å². The zero-order valence-corrected chi connectivity index (χ0v) is 14.3. The summed E-state index contributed by atoms with van der Waals surface area (Å²) in [5.74, 6) is -0.820. The van der Waals surface area contributed by atoms with Crippen LogP contribution in [0.4, 0.5) is 5.69 Å². The number of rotatable bonds is 6. The molecule has 0 aliphatic heterocycles. The number of amides is 2. The Morgan fingerprint density at radius 2 is 1.65 bits per heavy atom. The monoisotopic (exact) mass is 347 g/mol. The SMILES string of the molecule is NC(=O)[C@H](Cc1ccc2ccccc2c1)NC(=O)Cc1cccc(N)c1. The number of nitrogens with two attached hydrogens (primary N) is 2. The van der Waals surface area contributed by atoms with Gasteiger partial charge in [-0.1, -0.05) is 54.6 Å². The highest BCUT2D eigenvalue weighted by molar-refractivity contribution is 5.88. The molecule has 3 rings (SSSR count). The Hall–Kier alpha value is -3.34. The van der Waals surface area contributed by atoms with E-state index in [4.69, 9.17) is 11.5 Å². The summed E-state index contributed by atoms with van der Waals surface area (Å²) in [4.78, 5) is 24.1. The van der Waals surface area contributed by atoms with Crippen LogP contribution in [0.5, 0.6) is 0 Å². The molecular weight excluding hydrogens is 326 g/mol. The Balaban J connectivity index is 1.70. The van der Waals surface area contributed by atoms with Crippen LogP contribution in [-0.2, 0) is 22.4 Å². The van der Waals surface area contributed by atoms with Crippen molar-refractivity contribution in [3.8, 4) is 0 Å². The van der Waals surface area contributed by atoms with Crippen molar-refractivity contribution in [1.29, 1.82) is 0 Å². The first-order valence-corrected chi connectivity index (χ1v) is 8.42. The van der Waals surface area contributed by atoms with Crippen LogP contribution >= 0.6 is 0 Å². The molecule has 3 aromatic carbocycles. The molecule has 0 aromatic heterocycles. The number of anilines is 1. The van der Waals surface area contributed by atoms with Gasteiger partial charge in [0.25, 0.3) is 0 Å². The summed E-state index contributed by atoms with van der Waals surface area (Å²) in [5, 5.41) is 4.93. The molecule has 0 heterocycles. The lowest BCUT2D eigenvalue weighted by Gasteiger charge is -2.16. The van der Waals surface area contributed by atoms with Gasteiger partial charge in [-0.3, -0.25) is 9.59 Å². The van der Waals surface area contributed by atoms with Crippen molar-refractivity contribution in [1.82, 2.24) is 5.32 Å². The van der Waals surface area contributed by atoms with E-state index >= 15 is 0 Å². The summed E-state index contributed by atoms with van der Waals surface area (Å²) in [7, 11) is 0. The van der Waals surface area contributed by atoms with E-state index in [0.29, 0.717) is 12.1 Å². The first-order chi connectivity index (χ1) is 12.5. The molecule has 0 unspecified atom stereocenters. The van der Waals surface area contributed by atoms with E-state index in [1.54, 1.807) is 18.2 Å². The van der Waals surface area contributed by atoms with Crippen LogP contribution in [0.1, 0.15) is 11.1 Å². The molecule has 26 heavy (non-hydrogen) atoms. The molecule has 0 aliphatic carbocycles. The highest BCUT2D eigenvalue weighted by Gasteiger charge is 2.19. The lowest BCUT2D eigenvalue weighted by Crippen LogP contribution is -2.46. The van der Waals surface area contributed by atoms with Crippen LogP contribution in [0.15, 0.2) is 66.7 Å². The Kier molecular flexibility index (Phi) is 5.17. The molecule has 0 saturated heterocycles. The van der Waals surface area contributed by atoms with Gasteiger partial charge in [-0.2, -0.15) is 0 Å². The molecule has 0 radical (unpaired) electrons. The number of carbonyl (C=O) groups is 2. The maximum Gasteiger partial charge on any atom is 0.240 e. The molecule has 0 bridgehead atoms. The molecule has 0 spiro atoms. The molecule has 0 fully saturated rings. The number of carbonyl (C=O) groups excluding carboxylic acids is 2. The minimum atomic E-state index is -0.760. The minimum Gasteiger partial charge on any atom is -0.399 e. The van der Waals surface area contributed by atoms with Crippen molar-refractivity contribution in [2.24, 2.45) is 5.73 Å². The fraction of sp³-hybridized carbons (Fsp3) is 0.143. The van der Waals surface area contributed by atoms with Crippen molar-refractivity contribution in [2.75, 3.05) is 5.73 Å². The predicted molar refractivity (Wildman–Crippen MR) is 103 cm³/mol. The van der Waals surface area contributed by atoms with Crippen LogP contribution in [0.2, 0.25) is 0 Å². The van der Waals surface area contributed by atoms with Crippen molar-refractivity contribution in [3.63, 3.8) is 0 Å². The van der Waals surface area contributed by atoms with Gasteiger partial charge < -0.3 is 16.8 Å². The van der Waals surface area contributed by atoms with E-state index in [-0.39, 0.29) is 12.3 Å². The van der Waals surface area contributed by atoms with E-state index in [9.17, 15) is 9.59 Å². The maximum absolute atomic E-state index is 12.3. The van der Waals surface area contributed by atoms with Gasteiger partial charge >= 0.3 is 0 Å². The number of benzene rings is 3. The van der Waals surface area contributed by atoms with E-state index in [1.807, 2.05) is 48.5 Å². The smallest absolute Gasteiger partial charge is 0.240 e. The van der Waals surface area contributed by atoms with Gasteiger partial charge in [-0.25, -0.2) is 0 Å². The predicted octanol–water partition coefficient (Wildman–Crippen LogP) is 2.18. The molecule has 2 amide bonds. The fourth-order valence-corrected chi connectivity index (χ4v) is 2.96. The van der Waals surface area contributed by atoms with Gasteiger partial charge in [0.2, 0.25) is 11.8 Å². The zero-order valence-electron chi connectivity index (χ0n) is 14.3. The highest BCUT2D eigenvalue weighted by Crippen LogP contribution is 2.17. The summed E-state index contributed by atoms with van der Waals surface area (Å²) in [6.07, 6.45) is 0.495. The highest BCUT2D eigenvalue weighted by atomic mass is 16.2. The second-order valence-electron chi connectivity index (χ2n) is 6.33. The largest absolute Gasteiger partial charge is 0.399 e. The van der Waals surface area contributed by atoms with E-state index < -0.39 is 11.9 Å². The summed E-state index contributed by atoms with van der Waals surface area (Å²) < 4.78 is 0. The van der Waals surface area contributed by atoms with Crippen LogP contribution in [0, 0.1) is 0 Å². The first-order valence-electron chi connectivity index (χ1n) is 8.42.